The number of ether oxygens (including phenoxy) is 3. The molecule has 0 aromatic heterocycles. The highest BCUT2D eigenvalue weighted by Gasteiger charge is 2.19. The fraction of sp³-hybridized carbons (Fsp3) is 0.118. The average molecular weight is 351 g/mol. The highest BCUT2D eigenvalue weighted by atomic mass is 35.5. The van der Waals surface area contributed by atoms with E-state index in [1.165, 1.54) is 12.1 Å². The molecule has 0 bridgehead atoms. The molecule has 2 aromatic carbocycles. The van der Waals surface area contributed by atoms with E-state index in [0.717, 1.165) is 5.56 Å². The second-order valence-corrected chi connectivity index (χ2v) is 5.62. The van der Waals surface area contributed by atoms with Crippen molar-refractivity contribution in [2.45, 2.75) is 0 Å². The third kappa shape index (κ3) is 3.28. The summed E-state index contributed by atoms with van der Waals surface area (Å²) in [5.74, 6) is 1.48. The molecular weight excluding hydrogens is 339 g/mol. The topological polar surface area (TPSA) is 44.8 Å². The first-order valence-corrected chi connectivity index (χ1v) is 7.49. The van der Waals surface area contributed by atoms with Crippen LogP contribution in [0.3, 0.4) is 0 Å². The molecule has 23 heavy (non-hydrogen) atoms. The van der Waals surface area contributed by atoms with Crippen LogP contribution in [0.1, 0.15) is 15.9 Å². The molecule has 0 N–H and O–H groups in total. The standard InChI is InChI=1S/C17H12Cl2O4/c1-21-15-6-10(7-16-17(15)23-9-22-16)2-5-14(20)12-4-3-11(18)8-13(12)19/h2-8H,9H2,1H3/b5-2+. The lowest BCUT2D eigenvalue weighted by atomic mass is 10.1. The van der Waals surface area contributed by atoms with Crippen LogP contribution < -0.4 is 14.2 Å². The maximum Gasteiger partial charge on any atom is 0.231 e. The van der Waals surface area contributed by atoms with Crippen molar-refractivity contribution in [3.8, 4) is 17.2 Å². The van der Waals surface area contributed by atoms with Crippen LogP contribution in [-0.2, 0) is 0 Å². The summed E-state index contributed by atoms with van der Waals surface area (Å²) in [5, 5.41) is 0.798. The smallest absolute Gasteiger partial charge is 0.231 e. The van der Waals surface area contributed by atoms with Gasteiger partial charge in [-0.2, -0.15) is 0 Å². The van der Waals surface area contributed by atoms with Gasteiger partial charge in [-0.3, -0.25) is 4.79 Å². The summed E-state index contributed by atoms with van der Waals surface area (Å²) in [4.78, 5) is 12.2. The lowest BCUT2D eigenvalue weighted by Gasteiger charge is -2.05. The average Bonchev–Trinajstić information content (AvgIpc) is 3.00. The van der Waals surface area contributed by atoms with Crippen LogP contribution in [-0.4, -0.2) is 19.7 Å². The molecule has 1 heterocycles. The van der Waals surface area contributed by atoms with Gasteiger partial charge in [-0.05, 0) is 42.0 Å². The maximum atomic E-state index is 12.2. The zero-order valence-corrected chi connectivity index (χ0v) is 13.6. The predicted octanol–water partition coefficient (Wildman–Crippen LogP) is 4.63. The molecule has 1 aliphatic rings. The van der Waals surface area contributed by atoms with Crippen molar-refractivity contribution in [3.63, 3.8) is 0 Å². The van der Waals surface area contributed by atoms with Gasteiger partial charge in [-0.25, -0.2) is 0 Å². The van der Waals surface area contributed by atoms with Crippen molar-refractivity contribution in [3.05, 3.63) is 57.6 Å². The third-order valence-corrected chi connectivity index (χ3v) is 3.85. The van der Waals surface area contributed by atoms with Crippen molar-refractivity contribution in [1.29, 1.82) is 0 Å². The SMILES string of the molecule is COc1cc(/C=C/C(=O)c2ccc(Cl)cc2Cl)cc2c1OCO2. The largest absolute Gasteiger partial charge is 0.493 e. The second kappa shape index (κ2) is 6.52. The van der Waals surface area contributed by atoms with E-state index >= 15 is 0 Å². The van der Waals surface area contributed by atoms with Gasteiger partial charge in [-0.1, -0.05) is 29.3 Å². The second-order valence-electron chi connectivity index (χ2n) is 4.78. The Bertz CT molecular complexity index is 799. The normalized spacial score (nSPS) is 12.7. The minimum atomic E-state index is -0.219. The van der Waals surface area contributed by atoms with Gasteiger partial charge in [0.1, 0.15) is 0 Å². The van der Waals surface area contributed by atoms with Crippen LogP contribution >= 0.6 is 23.2 Å². The van der Waals surface area contributed by atoms with E-state index in [1.807, 2.05) is 0 Å². The molecule has 6 heteroatoms. The number of allylic oxidation sites excluding steroid dienone is 1. The Morgan fingerprint density at radius 1 is 1.22 bits per heavy atom. The minimum Gasteiger partial charge on any atom is -0.493 e. The van der Waals surface area contributed by atoms with Crippen LogP contribution in [0.5, 0.6) is 17.2 Å². The molecule has 0 fully saturated rings. The van der Waals surface area contributed by atoms with Crippen LogP contribution in [0, 0.1) is 0 Å². The number of carbonyl (C=O) groups is 1. The molecular formula is C17H12Cl2O4. The lowest BCUT2D eigenvalue weighted by Crippen LogP contribution is -1.95. The van der Waals surface area contributed by atoms with Crippen LogP contribution in [0.2, 0.25) is 10.0 Å². The van der Waals surface area contributed by atoms with E-state index in [1.54, 1.807) is 37.5 Å². The minimum absolute atomic E-state index is 0.151. The third-order valence-electron chi connectivity index (χ3n) is 3.30. The van der Waals surface area contributed by atoms with Crippen LogP contribution in [0.15, 0.2) is 36.4 Å². The van der Waals surface area contributed by atoms with E-state index in [0.29, 0.717) is 32.9 Å². The number of methoxy groups -OCH3 is 1. The molecule has 0 aliphatic carbocycles. The zero-order valence-electron chi connectivity index (χ0n) is 12.1. The van der Waals surface area contributed by atoms with E-state index in [-0.39, 0.29) is 12.6 Å². The van der Waals surface area contributed by atoms with Gasteiger partial charge in [0, 0.05) is 10.6 Å². The summed E-state index contributed by atoms with van der Waals surface area (Å²) in [6, 6.07) is 8.29. The van der Waals surface area contributed by atoms with E-state index in [4.69, 9.17) is 37.4 Å². The van der Waals surface area contributed by atoms with Gasteiger partial charge in [-0.15, -0.1) is 0 Å². The van der Waals surface area contributed by atoms with Gasteiger partial charge in [0.2, 0.25) is 12.5 Å². The van der Waals surface area contributed by atoms with E-state index in [2.05, 4.69) is 0 Å². The molecule has 3 rings (SSSR count). The number of fused-ring (bicyclic) bond motifs is 1. The Kier molecular flexibility index (Phi) is 4.46. The van der Waals surface area contributed by atoms with Crippen LogP contribution in [0.25, 0.3) is 6.08 Å². The molecule has 0 atom stereocenters. The first-order chi connectivity index (χ1) is 11.1. The molecule has 0 radical (unpaired) electrons. The summed E-state index contributed by atoms with van der Waals surface area (Å²) in [6.07, 6.45) is 3.10. The number of carbonyl (C=O) groups excluding carboxylic acids is 1. The summed E-state index contributed by atoms with van der Waals surface area (Å²) < 4.78 is 15.9. The van der Waals surface area contributed by atoms with Gasteiger partial charge in [0.25, 0.3) is 0 Å². The quantitative estimate of drug-likeness (QED) is 0.595. The van der Waals surface area contributed by atoms with Gasteiger partial charge in [0.15, 0.2) is 17.3 Å². The molecule has 0 amide bonds. The zero-order chi connectivity index (χ0) is 16.4. The lowest BCUT2D eigenvalue weighted by molar-refractivity contribution is 0.104. The Morgan fingerprint density at radius 3 is 2.78 bits per heavy atom. The van der Waals surface area contributed by atoms with Crippen molar-refractivity contribution < 1.29 is 19.0 Å². The Morgan fingerprint density at radius 2 is 2.04 bits per heavy atom. The van der Waals surface area contributed by atoms with Crippen molar-refractivity contribution >= 4 is 35.1 Å². The number of rotatable bonds is 4. The molecule has 4 nitrogen and oxygen atoms in total. The molecule has 1 aliphatic heterocycles. The number of hydrogen-bond acceptors (Lipinski definition) is 4. The van der Waals surface area contributed by atoms with E-state index in [9.17, 15) is 4.79 Å². The Labute approximate surface area is 143 Å². The maximum absolute atomic E-state index is 12.2. The monoisotopic (exact) mass is 350 g/mol. The number of hydrogen-bond donors (Lipinski definition) is 0. The highest BCUT2D eigenvalue weighted by Crippen LogP contribution is 2.42. The van der Waals surface area contributed by atoms with E-state index < -0.39 is 0 Å². The Hall–Kier alpha value is -2.17. The van der Waals surface area contributed by atoms with Gasteiger partial charge < -0.3 is 14.2 Å². The van der Waals surface area contributed by atoms with Crippen molar-refractivity contribution in [1.82, 2.24) is 0 Å². The van der Waals surface area contributed by atoms with Crippen molar-refractivity contribution in [2.24, 2.45) is 0 Å². The number of benzene rings is 2. The summed E-state index contributed by atoms with van der Waals surface area (Å²) in [6.45, 7) is 0.151. The Balaban J connectivity index is 1.86. The van der Waals surface area contributed by atoms with Crippen LogP contribution in [0.4, 0.5) is 0 Å². The fourth-order valence-electron chi connectivity index (χ4n) is 2.20. The molecule has 0 saturated heterocycles. The summed E-state index contributed by atoms with van der Waals surface area (Å²) in [5.41, 5.74) is 1.14. The number of halogens is 2. The first kappa shape index (κ1) is 15.7. The van der Waals surface area contributed by atoms with Gasteiger partial charge >= 0.3 is 0 Å². The molecule has 0 saturated carbocycles. The molecule has 0 spiro atoms. The first-order valence-electron chi connectivity index (χ1n) is 6.73. The summed E-state index contributed by atoms with van der Waals surface area (Å²) in [7, 11) is 1.55. The predicted molar refractivity (Wildman–Crippen MR) is 88.9 cm³/mol. The van der Waals surface area contributed by atoms with Gasteiger partial charge in [0.05, 0.1) is 12.1 Å². The highest BCUT2D eigenvalue weighted by molar-refractivity contribution is 6.37. The summed E-state index contributed by atoms with van der Waals surface area (Å²) >= 11 is 11.9. The molecule has 2 aromatic rings. The fourth-order valence-corrected chi connectivity index (χ4v) is 2.70. The van der Waals surface area contributed by atoms with Crippen molar-refractivity contribution in [2.75, 3.05) is 13.9 Å². The molecule has 0 unspecified atom stereocenters. The molecule has 118 valence electrons. The number of ketones is 1.